The lowest BCUT2D eigenvalue weighted by atomic mass is 10.2. The highest BCUT2D eigenvalue weighted by Gasteiger charge is 2.13. The zero-order valence-corrected chi connectivity index (χ0v) is 12.1. The molecule has 0 bridgehead atoms. The second kappa shape index (κ2) is 5.63. The van der Waals surface area contributed by atoms with E-state index in [1.807, 2.05) is 16.8 Å². The Labute approximate surface area is 117 Å². The smallest absolute Gasteiger partial charge is 0.254 e. The molecular formula is C13H11BrFNOS. The van der Waals surface area contributed by atoms with Gasteiger partial charge in [0.25, 0.3) is 5.91 Å². The number of nitrogens with zero attached hydrogens (tertiary/aromatic N) is 1. The first kappa shape index (κ1) is 13.2. The minimum Gasteiger partial charge on any atom is -0.337 e. The van der Waals surface area contributed by atoms with Crippen LogP contribution in [0.1, 0.15) is 15.9 Å². The Morgan fingerprint density at radius 2 is 2.22 bits per heavy atom. The number of benzene rings is 1. The third kappa shape index (κ3) is 2.97. The maximum Gasteiger partial charge on any atom is 0.254 e. The first-order valence-electron chi connectivity index (χ1n) is 5.29. The van der Waals surface area contributed by atoms with Gasteiger partial charge in [0.05, 0.1) is 4.47 Å². The van der Waals surface area contributed by atoms with Crippen LogP contribution in [0, 0.1) is 5.82 Å². The van der Waals surface area contributed by atoms with Gasteiger partial charge in [-0.05, 0) is 56.5 Å². The van der Waals surface area contributed by atoms with Gasteiger partial charge >= 0.3 is 0 Å². The van der Waals surface area contributed by atoms with Crippen molar-refractivity contribution >= 4 is 33.2 Å². The SMILES string of the molecule is CN(Cc1ccsc1)C(=O)c1ccc(Br)c(F)c1. The van der Waals surface area contributed by atoms with Crippen LogP contribution in [0.15, 0.2) is 39.5 Å². The molecule has 0 saturated heterocycles. The van der Waals surface area contributed by atoms with Crippen molar-refractivity contribution in [2.75, 3.05) is 7.05 Å². The summed E-state index contributed by atoms with van der Waals surface area (Å²) in [4.78, 5) is 13.7. The average Bonchev–Trinajstić information content (AvgIpc) is 2.84. The molecule has 0 radical (unpaired) electrons. The van der Waals surface area contributed by atoms with E-state index in [1.54, 1.807) is 35.4 Å². The van der Waals surface area contributed by atoms with Gasteiger partial charge in [0, 0.05) is 19.2 Å². The Morgan fingerprint density at radius 1 is 1.44 bits per heavy atom. The molecule has 2 aromatic rings. The molecule has 0 saturated carbocycles. The predicted molar refractivity (Wildman–Crippen MR) is 74.2 cm³/mol. The van der Waals surface area contributed by atoms with Crippen LogP contribution in [0.5, 0.6) is 0 Å². The van der Waals surface area contributed by atoms with E-state index in [1.165, 1.54) is 6.07 Å². The molecule has 1 aromatic heterocycles. The van der Waals surface area contributed by atoms with E-state index in [4.69, 9.17) is 0 Å². The van der Waals surface area contributed by atoms with E-state index in [0.717, 1.165) is 5.56 Å². The quantitative estimate of drug-likeness (QED) is 0.836. The van der Waals surface area contributed by atoms with Crippen molar-refractivity contribution < 1.29 is 9.18 Å². The number of thiophene rings is 1. The summed E-state index contributed by atoms with van der Waals surface area (Å²) in [5.74, 6) is -0.614. The summed E-state index contributed by atoms with van der Waals surface area (Å²) in [6.45, 7) is 0.528. The normalized spacial score (nSPS) is 10.4. The standard InChI is InChI=1S/C13H11BrFNOS/c1-16(7-9-4-5-18-8-9)13(17)10-2-3-11(14)12(15)6-10/h2-6,8H,7H2,1H3. The van der Waals surface area contributed by atoms with Gasteiger partial charge in [0.2, 0.25) is 0 Å². The summed E-state index contributed by atoms with van der Waals surface area (Å²) in [6.07, 6.45) is 0. The molecule has 2 nitrogen and oxygen atoms in total. The van der Waals surface area contributed by atoms with Crippen LogP contribution in [-0.4, -0.2) is 17.9 Å². The van der Waals surface area contributed by atoms with Crippen molar-refractivity contribution in [3.05, 3.63) is 56.4 Å². The van der Waals surface area contributed by atoms with E-state index in [-0.39, 0.29) is 5.91 Å². The van der Waals surface area contributed by atoms with Crippen molar-refractivity contribution in [2.24, 2.45) is 0 Å². The lowest BCUT2D eigenvalue weighted by Gasteiger charge is -2.16. The fourth-order valence-corrected chi connectivity index (χ4v) is 2.48. The zero-order chi connectivity index (χ0) is 13.1. The van der Waals surface area contributed by atoms with Crippen molar-refractivity contribution in [3.8, 4) is 0 Å². The fraction of sp³-hybridized carbons (Fsp3) is 0.154. The molecule has 0 aliphatic heterocycles. The Hall–Kier alpha value is -1.20. The van der Waals surface area contributed by atoms with Crippen LogP contribution in [0.4, 0.5) is 4.39 Å². The molecule has 0 N–H and O–H groups in total. The molecule has 0 aliphatic rings. The second-order valence-corrected chi connectivity index (χ2v) is 5.56. The van der Waals surface area contributed by atoms with Crippen molar-refractivity contribution in [3.63, 3.8) is 0 Å². The lowest BCUT2D eigenvalue weighted by Crippen LogP contribution is -2.26. The Kier molecular flexibility index (Phi) is 4.14. The first-order chi connectivity index (χ1) is 8.58. The molecular weight excluding hydrogens is 317 g/mol. The minimum atomic E-state index is -0.426. The maximum absolute atomic E-state index is 13.4. The molecule has 0 unspecified atom stereocenters. The molecule has 5 heteroatoms. The molecule has 1 aromatic carbocycles. The summed E-state index contributed by atoms with van der Waals surface area (Å²) >= 11 is 4.65. The molecule has 1 amide bonds. The lowest BCUT2D eigenvalue weighted by molar-refractivity contribution is 0.0784. The molecule has 18 heavy (non-hydrogen) atoms. The Morgan fingerprint density at radius 3 is 2.83 bits per heavy atom. The number of amides is 1. The molecule has 94 valence electrons. The maximum atomic E-state index is 13.4. The van der Waals surface area contributed by atoms with Gasteiger partial charge in [-0.2, -0.15) is 11.3 Å². The van der Waals surface area contributed by atoms with Gasteiger partial charge in [0.15, 0.2) is 0 Å². The van der Waals surface area contributed by atoms with Gasteiger partial charge in [-0.25, -0.2) is 4.39 Å². The number of halogens is 2. The van der Waals surface area contributed by atoms with E-state index in [2.05, 4.69) is 15.9 Å². The van der Waals surface area contributed by atoms with Crippen LogP contribution in [0.25, 0.3) is 0 Å². The number of hydrogen-bond donors (Lipinski definition) is 0. The molecule has 0 fully saturated rings. The van der Waals surface area contributed by atoms with E-state index < -0.39 is 5.82 Å². The monoisotopic (exact) mass is 327 g/mol. The van der Waals surface area contributed by atoms with E-state index in [0.29, 0.717) is 16.6 Å². The molecule has 1 heterocycles. The summed E-state index contributed by atoms with van der Waals surface area (Å²) in [5, 5.41) is 3.96. The van der Waals surface area contributed by atoms with E-state index in [9.17, 15) is 9.18 Å². The highest BCUT2D eigenvalue weighted by Crippen LogP contribution is 2.18. The van der Waals surface area contributed by atoms with E-state index >= 15 is 0 Å². The van der Waals surface area contributed by atoms with Gasteiger partial charge in [-0.3, -0.25) is 4.79 Å². The largest absolute Gasteiger partial charge is 0.337 e. The summed E-state index contributed by atoms with van der Waals surface area (Å²) in [7, 11) is 1.71. The summed E-state index contributed by atoms with van der Waals surface area (Å²) in [6, 6.07) is 6.37. The van der Waals surface area contributed by atoms with Crippen LogP contribution < -0.4 is 0 Å². The molecule has 0 aliphatic carbocycles. The number of hydrogen-bond acceptors (Lipinski definition) is 2. The first-order valence-corrected chi connectivity index (χ1v) is 7.03. The van der Waals surface area contributed by atoms with Gasteiger partial charge < -0.3 is 4.90 Å². The fourth-order valence-electron chi connectivity index (χ4n) is 1.58. The molecule has 2 rings (SSSR count). The zero-order valence-electron chi connectivity index (χ0n) is 9.69. The third-order valence-electron chi connectivity index (χ3n) is 2.51. The second-order valence-electron chi connectivity index (χ2n) is 3.92. The van der Waals surface area contributed by atoms with Gasteiger partial charge in [-0.1, -0.05) is 0 Å². The van der Waals surface area contributed by atoms with Crippen LogP contribution in [-0.2, 0) is 6.54 Å². The van der Waals surface area contributed by atoms with Crippen molar-refractivity contribution in [2.45, 2.75) is 6.54 Å². The number of rotatable bonds is 3. The molecule has 0 spiro atoms. The van der Waals surface area contributed by atoms with Gasteiger partial charge in [0.1, 0.15) is 5.82 Å². The average molecular weight is 328 g/mol. The minimum absolute atomic E-state index is 0.187. The van der Waals surface area contributed by atoms with Crippen molar-refractivity contribution in [1.29, 1.82) is 0 Å². The number of carbonyl (C=O) groups excluding carboxylic acids is 1. The summed E-state index contributed by atoms with van der Waals surface area (Å²) < 4.78 is 13.7. The van der Waals surface area contributed by atoms with Crippen LogP contribution in [0.2, 0.25) is 0 Å². The topological polar surface area (TPSA) is 20.3 Å². The molecule has 0 atom stereocenters. The Bertz CT molecular complexity index is 556. The van der Waals surface area contributed by atoms with Crippen molar-refractivity contribution in [1.82, 2.24) is 4.90 Å². The Balaban J connectivity index is 2.12. The highest BCUT2D eigenvalue weighted by atomic mass is 79.9. The van der Waals surface area contributed by atoms with Crippen LogP contribution >= 0.6 is 27.3 Å². The highest BCUT2D eigenvalue weighted by molar-refractivity contribution is 9.10. The summed E-state index contributed by atoms with van der Waals surface area (Å²) in [5.41, 5.74) is 1.43. The van der Waals surface area contributed by atoms with Gasteiger partial charge in [-0.15, -0.1) is 0 Å². The van der Waals surface area contributed by atoms with Crippen LogP contribution in [0.3, 0.4) is 0 Å². The predicted octanol–water partition coefficient (Wildman–Crippen LogP) is 3.92. The third-order valence-corrected chi connectivity index (χ3v) is 3.89. The number of carbonyl (C=O) groups is 1.